The van der Waals surface area contributed by atoms with Crippen molar-refractivity contribution in [3.63, 3.8) is 0 Å². The van der Waals surface area contributed by atoms with E-state index in [4.69, 9.17) is 4.74 Å². The molecule has 0 aliphatic carbocycles. The summed E-state index contributed by atoms with van der Waals surface area (Å²) in [6.07, 6.45) is -0.320. The molecule has 2 atom stereocenters. The molecular weight excluding hydrogens is 364 g/mol. The first-order valence-corrected chi connectivity index (χ1v) is 8.45. The third kappa shape index (κ3) is 3.99. The molecule has 1 fully saturated rings. The largest absolute Gasteiger partial charge is 0.504 e. The maximum atomic E-state index is 9.58. The summed E-state index contributed by atoms with van der Waals surface area (Å²) < 4.78 is 11.8. The van der Waals surface area contributed by atoms with Gasteiger partial charge in [-0.3, -0.25) is 0 Å². The van der Waals surface area contributed by atoms with Crippen LogP contribution in [0.1, 0.15) is 11.1 Å². The van der Waals surface area contributed by atoms with Crippen molar-refractivity contribution in [2.75, 3.05) is 0 Å². The lowest BCUT2D eigenvalue weighted by atomic mass is 10.1. The van der Waals surface area contributed by atoms with Crippen molar-refractivity contribution in [1.29, 1.82) is 0 Å². The monoisotopic (exact) mass is 382 g/mol. The number of hydrogen-bond donors (Lipinski definition) is 8. The van der Waals surface area contributed by atoms with Crippen LogP contribution in [-0.2, 0) is 17.6 Å². The fraction of sp³-hybridized carbons (Fsp3) is 0.250. The van der Waals surface area contributed by atoms with E-state index < -0.39 is 47.0 Å². The highest BCUT2D eigenvalue weighted by molar-refractivity contribution is 7.95. The van der Waals surface area contributed by atoms with Crippen LogP contribution in [0.4, 0.5) is 0 Å². The Morgan fingerprint density at radius 2 is 1.04 bits per heavy atom. The Kier molecular flexibility index (Phi) is 5.18. The zero-order valence-corrected chi connectivity index (χ0v) is 14.2. The van der Waals surface area contributed by atoms with Crippen molar-refractivity contribution in [2.24, 2.45) is 0 Å². The highest BCUT2D eigenvalue weighted by Crippen LogP contribution is 2.37. The summed E-state index contributed by atoms with van der Waals surface area (Å²) in [5.74, 6) is -2.85. The predicted octanol–water partition coefficient (Wildman–Crippen LogP) is 1.13. The van der Waals surface area contributed by atoms with E-state index in [9.17, 15) is 30.6 Å². The summed E-state index contributed by atoms with van der Waals surface area (Å²) in [7, 11) is 0. The first kappa shape index (κ1) is 18.3. The number of nitrogens with one attached hydrogen (secondary N) is 2. The van der Waals surface area contributed by atoms with Gasteiger partial charge in [0.05, 0.1) is 0 Å². The molecule has 140 valence electrons. The average Bonchev–Trinajstić information content (AvgIpc) is 2.58. The molecule has 2 unspecified atom stereocenters. The molecule has 1 aliphatic rings. The third-order valence-electron chi connectivity index (χ3n) is 3.81. The average molecular weight is 382 g/mol. The number of ether oxygens (including phenoxy) is 1. The molecule has 8 N–H and O–H groups in total. The fourth-order valence-electron chi connectivity index (χ4n) is 2.58. The van der Waals surface area contributed by atoms with E-state index in [0.717, 1.165) is 0 Å². The van der Waals surface area contributed by atoms with Gasteiger partial charge in [-0.15, -0.1) is 0 Å². The quantitative estimate of drug-likeness (QED) is 0.285. The van der Waals surface area contributed by atoms with Crippen LogP contribution in [0.3, 0.4) is 0 Å². The summed E-state index contributed by atoms with van der Waals surface area (Å²) in [5.41, 5.74) is 1.10. The van der Waals surface area contributed by atoms with E-state index in [1.54, 1.807) is 0 Å². The molecular formula is C16H18N2O7S. The Balaban J connectivity index is 1.66. The summed E-state index contributed by atoms with van der Waals surface area (Å²) in [5, 5.41) is 57.1. The smallest absolute Gasteiger partial charge is 0.200 e. The van der Waals surface area contributed by atoms with Crippen LogP contribution < -0.4 is 9.44 Å². The number of phenolic OH excluding ortho intramolecular Hbond substituents is 6. The molecule has 3 rings (SSSR count). The van der Waals surface area contributed by atoms with Gasteiger partial charge in [0.15, 0.2) is 34.5 Å². The van der Waals surface area contributed by atoms with Gasteiger partial charge in [-0.05, 0) is 35.4 Å². The number of aromatic hydroxyl groups is 6. The van der Waals surface area contributed by atoms with Gasteiger partial charge < -0.3 is 35.4 Å². The lowest BCUT2D eigenvalue weighted by Gasteiger charge is -2.31. The molecule has 0 bridgehead atoms. The van der Waals surface area contributed by atoms with E-state index in [-0.39, 0.29) is 0 Å². The van der Waals surface area contributed by atoms with E-state index in [1.165, 1.54) is 36.4 Å². The second kappa shape index (κ2) is 7.38. The molecule has 0 radical (unpaired) electrons. The van der Waals surface area contributed by atoms with Crippen LogP contribution in [0.15, 0.2) is 24.3 Å². The van der Waals surface area contributed by atoms with Gasteiger partial charge in [-0.25, -0.2) is 9.44 Å². The second-order valence-corrected chi connectivity index (χ2v) is 6.50. The van der Waals surface area contributed by atoms with Crippen LogP contribution in [0.2, 0.25) is 0 Å². The Hall–Kier alpha value is -2.53. The Labute approximate surface area is 152 Å². The molecule has 0 amide bonds. The normalized spacial score (nSPS) is 20.2. The molecule has 10 heteroatoms. The van der Waals surface area contributed by atoms with Gasteiger partial charge in [0, 0.05) is 25.0 Å². The standard InChI is InChI=1S/C16H18N2O7S/c19-9-1-7(2-10(20)15(9)23)5-13-17-26-18-14(25-13)6-8-3-11(21)16(24)12(22)4-8/h1-4,13-14,17-24H,5-6H2. The number of benzene rings is 2. The minimum atomic E-state index is -0.577. The lowest BCUT2D eigenvalue weighted by molar-refractivity contribution is -0.0299. The predicted molar refractivity (Wildman–Crippen MR) is 92.8 cm³/mol. The minimum absolute atomic E-state index is 0.304. The van der Waals surface area contributed by atoms with Gasteiger partial charge in [-0.2, -0.15) is 0 Å². The lowest BCUT2D eigenvalue weighted by Crippen LogP contribution is -2.46. The van der Waals surface area contributed by atoms with Gasteiger partial charge in [0.2, 0.25) is 0 Å². The Morgan fingerprint density at radius 1 is 0.692 bits per heavy atom. The van der Waals surface area contributed by atoms with E-state index >= 15 is 0 Å². The van der Waals surface area contributed by atoms with Crippen molar-refractivity contribution >= 4 is 12.1 Å². The fourth-order valence-corrected chi connectivity index (χ4v) is 3.19. The Morgan fingerprint density at radius 3 is 1.38 bits per heavy atom. The van der Waals surface area contributed by atoms with E-state index in [2.05, 4.69) is 9.44 Å². The Bertz CT molecular complexity index is 706. The summed E-state index contributed by atoms with van der Waals surface area (Å²) in [4.78, 5) is 0. The molecule has 26 heavy (non-hydrogen) atoms. The first-order chi connectivity index (χ1) is 12.3. The molecule has 2 aromatic carbocycles. The van der Waals surface area contributed by atoms with Gasteiger partial charge in [0.25, 0.3) is 0 Å². The molecule has 9 nitrogen and oxygen atoms in total. The highest BCUT2D eigenvalue weighted by Gasteiger charge is 2.24. The van der Waals surface area contributed by atoms with E-state index in [1.807, 2.05) is 0 Å². The van der Waals surface area contributed by atoms with Gasteiger partial charge in [0.1, 0.15) is 12.5 Å². The number of rotatable bonds is 4. The topological polar surface area (TPSA) is 155 Å². The molecule has 1 heterocycles. The summed E-state index contributed by atoms with van der Waals surface area (Å²) >= 11 is 1.20. The molecule has 1 aliphatic heterocycles. The van der Waals surface area contributed by atoms with Crippen molar-refractivity contribution in [2.45, 2.75) is 25.3 Å². The van der Waals surface area contributed by atoms with Crippen molar-refractivity contribution < 1.29 is 35.4 Å². The van der Waals surface area contributed by atoms with Gasteiger partial charge >= 0.3 is 0 Å². The molecule has 2 aromatic rings. The van der Waals surface area contributed by atoms with Crippen LogP contribution in [0.5, 0.6) is 34.5 Å². The highest BCUT2D eigenvalue weighted by atomic mass is 32.2. The SMILES string of the molecule is Oc1cc(CC2NSNC(Cc3cc(O)c(O)c(O)c3)O2)cc(O)c1O. The second-order valence-electron chi connectivity index (χ2n) is 5.82. The molecule has 0 aromatic heterocycles. The van der Waals surface area contributed by atoms with Crippen molar-refractivity contribution in [3.8, 4) is 34.5 Å². The number of phenols is 6. The molecule has 0 saturated carbocycles. The van der Waals surface area contributed by atoms with Crippen LogP contribution in [-0.4, -0.2) is 43.1 Å². The zero-order chi connectivity index (χ0) is 18.8. The molecule has 1 saturated heterocycles. The number of hydrogen-bond acceptors (Lipinski definition) is 10. The third-order valence-corrected chi connectivity index (χ3v) is 4.57. The maximum Gasteiger partial charge on any atom is 0.200 e. The zero-order valence-electron chi connectivity index (χ0n) is 13.4. The molecule has 0 spiro atoms. The van der Waals surface area contributed by atoms with Crippen molar-refractivity contribution in [1.82, 2.24) is 9.44 Å². The summed E-state index contributed by atoms with van der Waals surface area (Å²) in [6, 6.07) is 5.32. The minimum Gasteiger partial charge on any atom is -0.504 e. The maximum absolute atomic E-state index is 9.58. The summed E-state index contributed by atoms with van der Waals surface area (Å²) in [6.45, 7) is 0. The van der Waals surface area contributed by atoms with E-state index in [0.29, 0.717) is 24.0 Å². The van der Waals surface area contributed by atoms with Crippen LogP contribution in [0.25, 0.3) is 0 Å². The van der Waals surface area contributed by atoms with Crippen LogP contribution >= 0.6 is 12.1 Å². The van der Waals surface area contributed by atoms with Gasteiger partial charge in [-0.1, -0.05) is 0 Å². The first-order valence-electron chi connectivity index (χ1n) is 7.63. The van der Waals surface area contributed by atoms with Crippen molar-refractivity contribution in [3.05, 3.63) is 35.4 Å². The van der Waals surface area contributed by atoms with Crippen LogP contribution in [0, 0.1) is 0 Å².